The molecule has 1 N–H and O–H groups in total. The molecule has 0 aliphatic heterocycles. The van der Waals surface area contributed by atoms with Crippen LogP contribution in [0.5, 0.6) is 11.5 Å². The van der Waals surface area contributed by atoms with Crippen LogP contribution in [0.4, 0.5) is 0 Å². The molecule has 0 aliphatic carbocycles. The van der Waals surface area contributed by atoms with Crippen molar-refractivity contribution in [3.8, 4) is 22.8 Å². The van der Waals surface area contributed by atoms with E-state index in [2.05, 4.69) is 0 Å². The minimum Gasteiger partial charge on any atom is -0.506 e. The van der Waals surface area contributed by atoms with Crippen molar-refractivity contribution in [1.29, 1.82) is 0 Å². The second-order valence-electron chi connectivity index (χ2n) is 4.67. The van der Waals surface area contributed by atoms with Gasteiger partial charge in [-0.05, 0) is 0 Å². The van der Waals surface area contributed by atoms with Crippen LogP contribution in [0.3, 0.4) is 0 Å². The van der Waals surface area contributed by atoms with E-state index in [9.17, 15) is 14.7 Å². The Morgan fingerprint density at radius 1 is 1.18 bits per heavy atom. The van der Waals surface area contributed by atoms with Crippen molar-refractivity contribution in [3.63, 3.8) is 0 Å². The highest BCUT2D eigenvalue weighted by atomic mass is 16.5. The van der Waals surface area contributed by atoms with Gasteiger partial charge >= 0.3 is 0 Å². The van der Waals surface area contributed by atoms with Gasteiger partial charge in [-0.2, -0.15) is 0 Å². The summed E-state index contributed by atoms with van der Waals surface area (Å²) in [4.78, 5) is 23.4. The number of aldehydes is 1. The van der Waals surface area contributed by atoms with Crippen LogP contribution in [0.1, 0.15) is 10.4 Å². The van der Waals surface area contributed by atoms with Gasteiger partial charge in [0, 0.05) is 17.7 Å². The maximum atomic E-state index is 12.3. The largest absolute Gasteiger partial charge is 0.506 e. The van der Waals surface area contributed by atoms with E-state index >= 15 is 0 Å². The summed E-state index contributed by atoms with van der Waals surface area (Å²) in [6, 6.07) is 11.8. The smallest absolute Gasteiger partial charge is 0.197 e. The zero-order valence-electron chi connectivity index (χ0n) is 11.7. The number of hydrogen-bond acceptors (Lipinski definition) is 5. The molecule has 0 radical (unpaired) electrons. The SMILES string of the molecule is COc1cc2oc(-c3ccccc3)cc(=O)c2c(O)c1C=O. The van der Waals surface area contributed by atoms with Gasteiger partial charge in [0.2, 0.25) is 0 Å². The molecule has 0 atom stereocenters. The number of benzene rings is 2. The van der Waals surface area contributed by atoms with Crippen molar-refractivity contribution in [1.82, 2.24) is 0 Å². The summed E-state index contributed by atoms with van der Waals surface area (Å²) in [6.07, 6.45) is 0.443. The van der Waals surface area contributed by atoms with E-state index in [0.29, 0.717) is 12.0 Å². The first kappa shape index (κ1) is 13.9. The Morgan fingerprint density at radius 2 is 1.91 bits per heavy atom. The predicted molar refractivity (Wildman–Crippen MR) is 81.5 cm³/mol. The van der Waals surface area contributed by atoms with Gasteiger partial charge in [0.25, 0.3) is 0 Å². The Kier molecular flexibility index (Phi) is 3.39. The zero-order chi connectivity index (χ0) is 15.7. The molecule has 1 heterocycles. The maximum Gasteiger partial charge on any atom is 0.197 e. The van der Waals surface area contributed by atoms with Crippen molar-refractivity contribution in [3.05, 3.63) is 58.3 Å². The quantitative estimate of drug-likeness (QED) is 0.752. The minimum absolute atomic E-state index is 0.0393. The summed E-state index contributed by atoms with van der Waals surface area (Å²) in [5.74, 6) is 0.0875. The summed E-state index contributed by atoms with van der Waals surface area (Å²) in [5.41, 5.74) is 0.392. The van der Waals surface area contributed by atoms with Gasteiger partial charge < -0.3 is 14.3 Å². The van der Waals surface area contributed by atoms with Crippen LogP contribution >= 0.6 is 0 Å². The molecule has 3 aromatic rings. The molecule has 0 aliphatic rings. The molecule has 3 rings (SSSR count). The van der Waals surface area contributed by atoms with Gasteiger partial charge in [-0.15, -0.1) is 0 Å². The van der Waals surface area contributed by atoms with Crippen LogP contribution in [-0.2, 0) is 0 Å². The molecule has 0 amide bonds. The van der Waals surface area contributed by atoms with Crippen LogP contribution in [0.2, 0.25) is 0 Å². The lowest BCUT2D eigenvalue weighted by molar-refractivity contribution is 0.111. The summed E-state index contributed by atoms with van der Waals surface area (Å²) in [6.45, 7) is 0. The number of methoxy groups -OCH3 is 1. The van der Waals surface area contributed by atoms with Gasteiger partial charge in [0.15, 0.2) is 11.7 Å². The molecule has 5 heteroatoms. The summed E-state index contributed by atoms with van der Waals surface area (Å²) in [5, 5.41) is 10.1. The lowest BCUT2D eigenvalue weighted by atomic mass is 10.1. The highest BCUT2D eigenvalue weighted by Gasteiger charge is 2.18. The number of carbonyl (C=O) groups excluding carboxylic acids is 1. The molecule has 110 valence electrons. The van der Waals surface area contributed by atoms with Crippen molar-refractivity contribution in [2.24, 2.45) is 0 Å². The van der Waals surface area contributed by atoms with Crippen molar-refractivity contribution >= 4 is 17.3 Å². The van der Waals surface area contributed by atoms with Crippen LogP contribution in [-0.4, -0.2) is 18.5 Å². The van der Waals surface area contributed by atoms with Crippen LogP contribution in [0.25, 0.3) is 22.3 Å². The Bertz CT molecular complexity index is 910. The number of rotatable bonds is 3. The second-order valence-corrected chi connectivity index (χ2v) is 4.67. The zero-order valence-corrected chi connectivity index (χ0v) is 11.7. The number of carbonyl (C=O) groups is 1. The van der Waals surface area contributed by atoms with E-state index < -0.39 is 11.2 Å². The fourth-order valence-electron chi connectivity index (χ4n) is 2.32. The highest BCUT2D eigenvalue weighted by molar-refractivity contribution is 5.96. The third kappa shape index (κ3) is 2.13. The van der Waals surface area contributed by atoms with Crippen molar-refractivity contribution in [2.75, 3.05) is 7.11 Å². The average molecular weight is 296 g/mol. The first-order valence-corrected chi connectivity index (χ1v) is 6.54. The number of fused-ring (bicyclic) bond motifs is 1. The Labute approximate surface area is 125 Å². The third-order valence-electron chi connectivity index (χ3n) is 3.39. The first-order valence-electron chi connectivity index (χ1n) is 6.54. The monoisotopic (exact) mass is 296 g/mol. The van der Waals surface area contributed by atoms with E-state index in [1.54, 1.807) is 12.1 Å². The second kappa shape index (κ2) is 5.37. The Morgan fingerprint density at radius 3 is 2.55 bits per heavy atom. The number of phenolic OH excluding ortho intramolecular Hbond substituents is 1. The molecule has 0 saturated heterocycles. The molecule has 2 aromatic carbocycles. The molecule has 0 bridgehead atoms. The number of hydrogen-bond donors (Lipinski definition) is 1. The third-order valence-corrected chi connectivity index (χ3v) is 3.39. The summed E-state index contributed by atoms with van der Waals surface area (Å²) < 4.78 is 10.8. The number of phenols is 1. The number of ether oxygens (including phenoxy) is 1. The molecule has 22 heavy (non-hydrogen) atoms. The van der Waals surface area contributed by atoms with Gasteiger partial charge in [-0.25, -0.2) is 0 Å². The first-order chi connectivity index (χ1) is 10.7. The fraction of sp³-hybridized carbons (Fsp3) is 0.0588. The molecule has 0 saturated carbocycles. The highest BCUT2D eigenvalue weighted by Crippen LogP contribution is 2.34. The van der Waals surface area contributed by atoms with Gasteiger partial charge in [-0.3, -0.25) is 9.59 Å². The standard InChI is InChI=1S/C17H12O5/c1-21-14-8-15-16(17(20)11(14)9-18)12(19)7-13(22-15)10-5-3-2-4-6-10/h2-9,20H,1H3. The molecule has 5 nitrogen and oxygen atoms in total. The topological polar surface area (TPSA) is 76.7 Å². The van der Waals surface area contributed by atoms with Crippen molar-refractivity contribution in [2.45, 2.75) is 0 Å². The maximum absolute atomic E-state index is 12.3. The predicted octanol–water partition coefficient (Wildman–Crippen LogP) is 2.99. The van der Waals surface area contributed by atoms with Crippen LogP contribution in [0, 0.1) is 0 Å². The van der Waals surface area contributed by atoms with E-state index in [-0.39, 0.29) is 22.3 Å². The fourth-order valence-corrected chi connectivity index (χ4v) is 2.32. The lowest BCUT2D eigenvalue weighted by Gasteiger charge is -2.09. The summed E-state index contributed by atoms with van der Waals surface area (Å²) in [7, 11) is 1.37. The van der Waals surface area contributed by atoms with E-state index in [1.807, 2.05) is 18.2 Å². The van der Waals surface area contributed by atoms with Crippen LogP contribution in [0.15, 0.2) is 51.7 Å². The minimum atomic E-state index is -0.433. The van der Waals surface area contributed by atoms with E-state index in [0.717, 1.165) is 5.56 Å². The van der Waals surface area contributed by atoms with Crippen LogP contribution < -0.4 is 10.2 Å². The molecule has 0 unspecified atom stereocenters. The molecule has 1 aromatic heterocycles. The van der Waals surface area contributed by atoms with Gasteiger partial charge in [0.05, 0.1) is 12.7 Å². The molecular formula is C17H12O5. The average Bonchev–Trinajstić information content (AvgIpc) is 2.54. The van der Waals surface area contributed by atoms with Gasteiger partial charge in [-0.1, -0.05) is 30.3 Å². The Hall–Kier alpha value is -3.08. The molecule has 0 spiro atoms. The molecule has 0 fully saturated rings. The van der Waals surface area contributed by atoms with Crippen molar-refractivity contribution < 1.29 is 19.1 Å². The van der Waals surface area contributed by atoms with E-state index in [1.165, 1.54) is 19.2 Å². The number of aromatic hydroxyl groups is 1. The van der Waals surface area contributed by atoms with E-state index in [4.69, 9.17) is 9.15 Å². The lowest BCUT2D eigenvalue weighted by Crippen LogP contribution is -2.03. The van der Waals surface area contributed by atoms with Gasteiger partial charge in [0.1, 0.15) is 28.2 Å². The Balaban J connectivity index is 2.36. The molecular weight excluding hydrogens is 284 g/mol. The normalized spacial score (nSPS) is 10.6. The summed E-state index contributed by atoms with van der Waals surface area (Å²) >= 11 is 0.